The van der Waals surface area contributed by atoms with E-state index >= 15 is 0 Å². The van der Waals surface area contributed by atoms with E-state index < -0.39 is 0 Å². The van der Waals surface area contributed by atoms with Gasteiger partial charge in [0.15, 0.2) is 0 Å². The van der Waals surface area contributed by atoms with Gasteiger partial charge < -0.3 is 4.90 Å². The van der Waals surface area contributed by atoms with E-state index in [-0.39, 0.29) is 40.2 Å². The van der Waals surface area contributed by atoms with Gasteiger partial charge in [0.05, 0.1) is 0 Å². The fourth-order valence-electron chi connectivity index (χ4n) is 13.9. The quantitative estimate of drug-likeness (QED) is 0.117. The van der Waals surface area contributed by atoms with Crippen molar-refractivity contribution in [2.75, 3.05) is 4.90 Å². The Labute approximate surface area is 468 Å². The molecule has 2 unspecified atom stereocenters. The third-order valence-corrected chi connectivity index (χ3v) is 18.0. The first-order valence-corrected chi connectivity index (χ1v) is 28.9. The van der Waals surface area contributed by atoms with Crippen LogP contribution in [0.15, 0.2) is 200 Å². The van der Waals surface area contributed by atoms with Gasteiger partial charge >= 0.3 is 0 Å². The molecule has 2 heteroatoms. The van der Waals surface area contributed by atoms with Crippen molar-refractivity contribution >= 4 is 40.2 Å². The molecule has 1 nitrogen and oxygen atoms in total. The van der Waals surface area contributed by atoms with Gasteiger partial charge in [0.1, 0.15) is 0 Å². The Balaban J connectivity index is 1.20. The standard InChI is InChI=1S/C76H80BN/c1-50-34-35-56(53-26-18-14-19-27-53)43-55(50)36-39-63-64-41-38-61(78(59-30-22-16-23-31-59)60-32-24-17-25-33-60)46-70(64)77(72-51(2)42-58(45-67(63)72)74(7,8)9)71-48-69-68(75(10,11)49-76(69,12)13)47-65(71)52(3)62-40-37-57(73(4,5)6)44-66(62)54-28-20-15-21-29-54/h14-35,37-38,40-48,52,63H,36,39,49H2,1-13H3. The molecule has 0 fully saturated rings. The van der Waals surface area contributed by atoms with Crippen molar-refractivity contribution in [3.63, 3.8) is 0 Å². The lowest BCUT2D eigenvalue weighted by Crippen LogP contribution is -2.60. The summed E-state index contributed by atoms with van der Waals surface area (Å²) in [5.74, 6) is 0.254. The largest absolute Gasteiger partial charge is 0.311 e. The Kier molecular flexibility index (Phi) is 13.7. The van der Waals surface area contributed by atoms with E-state index in [4.69, 9.17) is 0 Å². The number of hydrogen-bond acceptors (Lipinski definition) is 1. The number of fused-ring (bicyclic) bond motifs is 3. The molecule has 392 valence electrons. The van der Waals surface area contributed by atoms with Crippen molar-refractivity contribution in [2.24, 2.45) is 0 Å². The zero-order valence-electron chi connectivity index (χ0n) is 48.9. The number of para-hydroxylation sites is 2. The van der Waals surface area contributed by atoms with E-state index in [0.29, 0.717) is 0 Å². The number of nitrogens with zero attached hydrogens (tertiary/aromatic N) is 1. The Bertz CT molecular complexity index is 3610. The van der Waals surface area contributed by atoms with Crippen LogP contribution in [-0.2, 0) is 28.1 Å². The number of hydrogen-bond donors (Lipinski definition) is 0. The summed E-state index contributed by atoms with van der Waals surface area (Å²) in [5, 5.41) is 0. The van der Waals surface area contributed by atoms with Gasteiger partial charge in [-0.1, -0.05) is 262 Å². The zero-order chi connectivity index (χ0) is 54.9. The smallest absolute Gasteiger partial charge is 0.242 e. The Morgan fingerprint density at radius 3 is 1.67 bits per heavy atom. The second-order valence-corrected chi connectivity index (χ2v) is 26.5. The van der Waals surface area contributed by atoms with Gasteiger partial charge in [-0.25, -0.2) is 0 Å². The van der Waals surface area contributed by atoms with Gasteiger partial charge in [-0.05, 0) is 169 Å². The van der Waals surface area contributed by atoms with Gasteiger partial charge in [0, 0.05) is 28.9 Å². The summed E-state index contributed by atoms with van der Waals surface area (Å²) in [6.07, 6.45) is 3.07. The lowest BCUT2D eigenvalue weighted by molar-refractivity contribution is 0.403. The van der Waals surface area contributed by atoms with Crippen LogP contribution in [0.4, 0.5) is 17.1 Å². The minimum Gasteiger partial charge on any atom is -0.311 e. The highest BCUT2D eigenvalue weighted by Crippen LogP contribution is 2.51. The molecule has 1 aliphatic heterocycles. The topological polar surface area (TPSA) is 3.24 Å². The normalized spacial score (nSPS) is 15.8. The minimum absolute atomic E-state index is 0.00167. The molecule has 9 aromatic rings. The van der Waals surface area contributed by atoms with E-state index in [2.05, 4.69) is 295 Å². The zero-order valence-corrected chi connectivity index (χ0v) is 48.9. The lowest BCUT2D eigenvalue weighted by Gasteiger charge is -2.39. The minimum atomic E-state index is -0.0354. The Hall–Kier alpha value is -7.16. The highest BCUT2D eigenvalue weighted by Gasteiger charge is 2.46. The maximum absolute atomic E-state index is 2.73. The maximum Gasteiger partial charge on any atom is 0.242 e. The van der Waals surface area contributed by atoms with E-state index in [1.54, 1.807) is 0 Å². The summed E-state index contributed by atoms with van der Waals surface area (Å²) in [5.41, 5.74) is 28.6. The van der Waals surface area contributed by atoms with E-state index in [1.807, 2.05) is 0 Å². The SMILES string of the molecule is Cc1ccc(-c2ccccc2)cc1CCC1c2ccc(N(c3ccccc3)c3ccccc3)cc2B(c2cc3c(cc2C(C)c2ccc(C(C)(C)C)cc2-c2ccccc2)C(C)(C)CC3(C)C)c2c(C)cc(C(C)(C)C)cc21. The summed E-state index contributed by atoms with van der Waals surface area (Å²) in [6.45, 7) is 31.4. The Morgan fingerprint density at radius 1 is 0.487 bits per heavy atom. The Morgan fingerprint density at radius 2 is 1.06 bits per heavy atom. The number of aryl methyl sites for hydroxylation is 3. The van der Waals surface area contributed by atoms with Gasteiger partial charge in [0.25, 0.3) is 0 Å². The van der Waals surface area contributed by atoms with Gasteiger partial charge in [-0.3, -0.25) is 0 Å². The monoisotopic (exact) mass is 1020 g/mol. The molecule has 0 saturated carbocycles. The number of rotatable bonds is 11. The maximum atomic E-state index is 2.73. The highest BCUT2D eigenvalue weighted by atomic mass is 15.1. The van der Waals surface area contributed by atoms with E-state index in [9.17, 15) is 0 Å². The van der Waals surface area contributed by atoms with Crippen molar-refractivity contribution in [1.82, 2.24) is 0 Å². The first-order chi connectivity index (χ1) is 37.2. The number of benzene rings is 9. The van der Waals surface area contributed by atoms with E-state index in [1.165, 1.54) is 106 Å². The lowest BCUT2D eigenvalue weighted by atomic mass is 9.31. The van der Waals surface area contributed by atoms with Crippen LogP contribution in [0.25, 0.3) is 22.3 Å². The molecule has 2 aliphatic rings. The van der Waals surface area contributed by atoms with Crippen LogP contribution in [0.3, 0.4) is 0 Å². The molecule has 0 aromatic heterocycles. The predicted molar refractivity (Wildman–Crippen MR) is 338 cm³/mol. The molecule has 0 radical (unpaired) electrons. The van der Waals surface area contributed by atoms with Crippen LogP contribution < -0.4 is 21.3 Å². The third-order valence-electron chi connectivity index (χ3n) is 18.0. The summed E-state index contributed by atoms with van der Waals surface area (Å²) in [4.78, 5) is 2.47. The molecule has 1 heterocycles. The molecule has 0 spiro atoms. The molecule has 0 saturated heterocycles. The van der Waals surface area contributed by atoms with Crippen molar-refractivity contribution in [3.8, 4) is 22.3 Å². The van der Waals surface area contributed by atoms with Crippen molar-refractivity contribution in [3.05, 3.63) is 261 Å². The summed E-state index contributed by atoms with van der Waals surface area (Å²) >= 11 is 0. The average molecular weight is 1020 g/mol. The molecular weight excluding hydrogens is 938 g/mol. The second-order valence-electron chi connectivity index (χ2n) is 26.5. The van der Waals surface area contributed by atoms with Crippen LogP contribution in [0, 0.1) is 13.8 Å². The second kappa shape index (κ2) is 20.3. The molecule has 0 amide bonds. The number of anilines is 3. The first-order valence-electron chi connectivity index (χ1n) is 28.9. The van der Waals surface area contributed by atoms with Crippen LogP contribution in [0.2, 0.25) is 0 Å². The van der Waals surface area contributed by atoms with Gasteiger partial charge in [-0.2, -0.15) is 0 Å². The molecule has 9 aromatic carbocycles. The predicted octanol–water partition coefficient (Wildman–Crippen LogP) is 18.4. The van der Waals surface area contributed by atoms with Crippen molar-refractivity contribution in [1.29, 1.82) is 0 Å². The van der Waals surface area contributed by atoms with Gasteiger partial charge in [0.2, 0.25) is 6.71 Å². The average Bonchev–Trinajstić information content (AvgIpc) is 3.76. The van der Waals surface area contributed by atoms with Crippen LogP contribution in [0.5, 0.6) is 0 Å². The summed E-state index contributed by atoms with van der Waals surface area (Å²) in [7, 11) is 0. The molecule has 0 bridgehead atoms. The highest BCUT2D eigenvalue weighted by molar-refractivity contribution is 6.97. The molecule has 11 rings (SSSR count). The van der Waals surface area contributed by atoms with Crippen LogP contribution >= 0.6 is 0 Å². The fourth-order valence-corrected chi connectivity index (χ4v) is 13.9. The molecule has 1 aliphatic carbocycles. The molecule has 78 heavy (non-hydrogen) atoms. The van der Waals surface area contributed by atoms with Crippen LogP contribution in [0.1, 0.15) is 162 Å². The summed E-state index contributed by atoms with van der Waals surface area (Å²) in [6, 6.07) is 76.7. The van der Waals surface area contributed by atoms with E-state index in [0.717, 1.165) is 30.6 Å². The fraction of sp³-hybridized carbons (Fsp3) is 0.289. The molecular formula is C76H80BN. The molecule has 0 N–H and O–H groups in total. The van der Waals surface area contributed by atoms with Crippen molar-refractivity contribution in [2.45, 2.75) is 143 Å². The first kappa shape index (κ1) is 52.9. The summed E-state index contributed by atoms with van der Waals surface area (Å²) < 4.78 is 0. The molecule has 2 atom stereocenters. The van der Waals surface area contributed by atoms with Crippen LogP contribution in [-0.4, -0.2) is 6.71 Å². The third kappa shape index (κ3) is 9.91. The van der Waals surface area contributed by atoms with Crippen molar-refractivity contribution < 1.29 is 0 Å². The van der Waals surface area contributed by atoms with Gasteiger partial charge in [-0.15, -0.1) is 0 Å².